The second-order valence-corrected chi connectivity index (χ2v) is 4.16. The van der Waals surface area contributed by atoms with Crippen molar-refractivity contribution >= 4 is 11.3 Å². The molecule has 1 radical (unpaired) electrons. The monoisotopic (exact) mass is 195 g/mol. The van der Waals surface area contributed by atoms with Crippen molar-refractivity contribution in [2.45, 2.75) is 0 Å². The molecule has 1 aromatic rings. The number of rotatable bonds is 1. The number of benzene rings is 1. The average Bonchev–Trinajstić information content (AvgIpc) is 1.90. The third kappa shape index (κ3) is 1.68. The van der Waals surface area contributed by atoms with Gasteiger partial charge in [-0.1, -0.05) is 0 Å². The fourth-order valence-corrected chi connectivity index (χ4v) is 2.11. The molecule has 0 aliphatic rings. The van der Waals surface area contributed by atoms with E-state index in [0.717, 1.165) is 6.16 Å². The zero-order valence-electron chi connectivity index (χ0n) is 4.39. The molecule has 8 heavy (non-hydrogen) atoms. The van der Waals surface area contributed by atoms with Crippen molar-refractivity contribution in [1.82, 2.24) is 0 Å². The Labute approximate surface area is 64.9 Å². The Kier molecular flexibility index (Phi) is 2.71. The summed E-state index contributed by atoms with van der Waals surface area (Å²) in [4.78, 5) is 0. The third-order valence-electron chi connectivity index (χ3n) is 0.918. The molecule has 0 heterocycles. The standard InChI is InChI=1S/C6H5Si.Zr/c7-6-4-2-1-3-5-6;/h1-5H;/q;+2. The first-order chi connectivity index (χ1) is 3.93. The summed E-state index contributed by atoms with van der Waals surface area (Å²) in [5.74, 6) is 0. The maximum absolute atomic E-state index is 2.17. The van der Waals surface area contributed by atoms with Gasteiger partial charge in [0.15, 0.2) is 0 Å². The second kappa shape index (κ2) is 3.37. The molecule has 0 saturated carbocycles. The van der Waals surface area contributed by atoms with Gasteiger partial charge in [-0.05, 0) is 0 Å². The van der Waals surface area contributed by atoms with Gasteiger partial charge >= 0.3 is 65.0 Å². The molecule has 2 heteroatoms. The Morgan fingerprint density at radius 3 is 2.12 bits per heavy atom. The van der Waals surface area contributed by atoms with Gasteiger partial charge in [0.2, 0.25) is 0 Å². The van der Waals surface area contributed by atoms with E-state index >= 15 is 0 Å². The first-order valence-corrected chi connectivity index (χ1v) is 7.10. The van der Waals surface area contributed by atoms with Crippen molar-refractivity contribution in [1.29, 1.82) is 0 Å². The van der Waals surface area contributed by atoms with Crippen LogP contribution in [0.3, 0.4) is 0 Å². The van der Waals surface area contributed by atoms with Gasteiger partial charge in [0.1, 0.15) is 0 Å². The zero-order valence-corrected chi connectivity index (χ0v) is 7.84. The van der Waals surface area contributed by atoms with Crippen molar-refractivity contribution in [2.75, 3.05) is 0 Å². The average molecular weight is 196 g/mol. The van der Waals surface area contributed by atoms with Gasteiger partial charge in [-0.25, -0.2) is 0 Å². The van der Waals surface area contributed by atoms with Crippen LogP contribution in [0.5, 0.6) is 0 Å². The van der Waals surface area contributed by atoms with Crippen LogP contribution < -0.4 is 5.19 Å². The molecule has 0 spiro atoms. The fourth-order valence-electron chi connectivity index (χ4n) is 0.521. The van der Waals surface area contributed by atoms with E-state index in [2.05, 4.69) is 30.3 Å². The van der Waals surface area contributed by atoms with E-state index in [0.29, 0.717) is 0 Å². The van der Waals surface area contributed by atoms with Crippen LogP contribution in [0, 0.1) is 0 Å². The van der Waals surface area contributed by atoms with E-state index in [1.54, 1.807) is 23.3 Å². The summed E-state index contributed by atoms with van der Waals surface area (Å²) in [6.07, 6.45) is 1.02. The molecule has 0 aliphatic carbocycles. The van der Waals surface area contributed by atoms with Gasteiger partial charge in [-0.2, -0.15) is 0 Å². The molecule has 0 aromatic heterocycles. The van der Waals surface area contributed by atoms with Crippen molar-refractivity contribution in [2.24, 2.45) is 0 Å². The van der Waals surface area contributed by atoms with E-state index in [1.165, 1.54) is 5.19 Å². The number of hydrogen-bond acceptors (Lipinski definition) is 0. The molecular weight excluding hydrogens is 191 g/mol. The summed E-state index contributed by atoms with van der Waals surface area (Å²) in [5, 5.41) is 1.48. The van der Waals surface area contributed by atoms with Crippen LogP contribution in [0.1, 0.15) is 0 Å². The summed E-state index contributed by atoms with van der Waals surface area (Å²) in [5.41, 5.74) is 0. The van der Waals surface area contributed by atoms with Crippen molar-refractivity contribution < 1.29 is 23.3 Å². The molecular formula is C6H5SiZr+2. The molecule has 0 bridgehead atoms. The molecule has 0 amide bonds. The van der Waals surface area contributed by atoms with Crippen LogP contribution >= 0.6 is 0 Å². The Bertz CT molecular complexity index is 171. The SMILES string of the molecule is [Zr+2]=[Si]c1ccccc1. The molecule has 0 atom stereocenters. The first kappa shape index (κ1) is 6.44. The Morgan fingerprint density at radius 1 is 1.12 bits per heavy atom. The van der Waals surface area contributed by atoms with Crippen molar-refractivity contribution in [3.05, 3.63) is 30.3 Å². The minimum atomic E-state index is 1.02. The Balaban J connectivity index is 2.99. The van der Waals surface area contributed by atoms with Crippen molar-refractivity contribution in [3.63, 3.8) is 0 Å². The molecule has 0 fully saturated rings. The molecule has 35 valence electrons. The fraction of sp³-hybridized carbons (Fsp3) is 0. The van der Waals surface area contributed by atoms with Gasteiger partial charge in [-0.15, -0.1) is 0 Å². The summed E-state index contributed by atoms with van der Waals surface area (Å²) in [6.45, 7) is 0. The number of hydrogen-bond donors (Lipinski definition) is 0. The van der Waals surface area contributed by atoms with Crippen molar-refractivity contribution in [3.8, 4) is 0 Å². The quantitative estimate of drug-likeness (QED) is 0.573. The Hall–Kier alpha value is 0.320. The van der Waals surface area contributed by atoms with E-state index in [9.17, 15) is 0 Å². The van der Waals surface area contributed by atoms with Crippen LogP contribution in [0.4, 0.5) is 0 Å². The molecule has 1 aromatic carbocycles. The van der Waals surface area contributed by atoms with Gasteiger partial charge in [0.05, 0.1) is 0 Å². The topological polar surface area (TPSA) is 0 Å². The van der Waals surface area contributed by atoms with Crippen LogP contribution in [0.25, 0.3) is 0 Å². The summed E-state index contributed by atoms with van der Waals surface area (Å²) >= 11 is 1.62. The van der Waals surface area contributed by atoms with Gasteiger partial charge in [0.25, 0.3) is 0 Å². The van der Waals surface area contributed by atoms with Crippen LogP contribution in [0.2, 0.25) is 0 Å². The normalized spacial score (nSPS) is 8.75. The zero-order chi connectivity index (χ0) is 5.82. The molecule has 0 aliphatic heterocycles. The van der Waals surface area contributed by atoms with Crippen LogP contribution in [0.15, 0.2) is 30.3 Å². The predicted octanol–water partition coefficient (Wildman–Crippen LogP) is 0.478. The molecule has 1 rings (SSSR count). The summed E-state index contributed by atoms with van der Waals surface area (Å²) in [6, 6.07) is 10.6. The molecule has 0 saturated heterocycles. The third-order valence-corrected chi connectivity index (χ3v) is 3.67. The van der Waals surface area contributed by atoms with Gasteiger partial charge in [-0.3, -0.25) is 0 Å². The van der Waals surface area contributed by atoms with Gasteiger partial charge < -0.3 is 0 Å². The predicted molar refractivity (Wildman–Crippen MR) is 31.8 cm³/mol. The van der Waals surface area contributed by atoms with E-state index in [-0.39, 0.29) is 0 Å². The minimum absolute atomic E-state index is 1.02. The summed E-state index contributed by atoms with van der Waals surface area (Å²) < 4.78 is 0. The second-order valence-electron chi connectivity index (χ2n) is 1.49. The van der Waals surface area contributed by atoms with E-state index < -0.39 is 0 Å². The van der Waals surface area contributed by atoms with E-state index in [4.69, 9.17) is 0 Å². The molecule has 0 N–H and O–H groups in total. The first-order valence-electron chi connectivity index (χ1n) is 2.41. The summed E-state index contributed by atoms with van der Waals surface area (Å²) in [7, 11) is 0. The maximum atomic E-state index is 2.17. The molecule has 0 unspecified atom stereocenters. The van der Waals surface area contributed by atoms with E-state index in [1.807, 2.05) is 0 Å². The van der Waals surface area contributed by atoms with Crippen LogP contribution in [-0.4, -0.2) is 6.16 Å². The Morgan fingerprint density at radius 2 is 1.75 bits per heavy atom. The van der Waals surface area contributed by atoms with Gasteiger partial charge in [0, 0.05) is 0 Å². The van der Waals surface area contributed by atoms with Crippen LogP contribution in [-0.2, 0) is 23.3 Å². The molecule has 0 nitrogen and oxygen atoms in total.